The Morgan fingerprint density at radius 1 is 0.476 bits per heavy atom. The summed E-state index contributed by atoms with van der Waals surface area (Å²) in [4.78, 5) is 5.22. The maximum Gasteiger partial charge on any atom is 0.264 e. The van der Waals surface area contributed by atoms with E-state index in [2.05, 4.69) is 232 Å². The largest absolute Gasteiger partial charge is 0.311 e. The van der Waals surface area contributed by atoms with Crippen molar-refractivity contribution in [2.24, 2.45) is 0 Å². The van der Waals surface area contributed by atoms with Gasteiger partial charge in [0.2, 0.25) is 0 Å². The summed E-state index contributed by atoms with van der Waals surface area (Å²) in [5.41, 5.74) is 22.2. The van der Waals surface area contributed by atoms with Crippen LogP contribution in [-0.4, -0.2) is 6.71 Å². The van der Waals surface area contributed by atoms with Gasteiger partial charge in [-0.2, -0.15) is 0 Å². The molecule has 0 saturated heterocycles. The number of nitrogens with zero attached hydrogens (tertiary/aromatic N) is 2. The van der Waals surface area contributed by atoms with E-state index in [1.54, 1.807) is 0 Å². The molecule has 7 aromatic carbocycles. The van der Waals surface area contributed by atoms with Gasteiger partial charge in [-0.3, -0.25) is 0 Å². The van der Waals surface area contributed by atoms with E-state index in [0.717, 1.165) is 0 Å². The van der Waals surface area contributed by atoms with Gasteiger partial charge in [0.25, 0.3) is 6.71 Å². The van der Waals surface area contributed by atoms with Crippen LogP contribution in [0.3, 0.4) is 0 Å². The van der Waals surface area contributed by atoms with E-state index >= 15 is 0 Å². The third kappa shape index (κ3) is 6.04. The van der Waals surface area contributed by atoms with Crippen LogP contribution in [0.1, 0.15) is 104 Å². The number of anilines is 6. The van der Waals surface area contributed by atoms with E-state index in [0.29, 0.717) is 0 Å². The Morgan fingerprint density at radius 3 is 1.68 bits per heavy atom. The van der Waals surface area contributed by atoms with Crippen LogP contribution in [0.2, 0.25) is 0 Å². The Morgan fingerprint density at radius 2 is 1.05 bits per heavy atom. The predicted octanol–water partition coefficient (Wildman–Crippen LogP) is 14.8. The zero-order valence-electron chi connectivity index (χ0n) is 38.7. The lowest BCUT2D eigenvalue weighted by Gasteiger charge is -2.44. The summed E-state index contributed by atoms with van der Waals surface area (Å²) >= 11 is 2.01. The molecule has 63 heavy (non-hydrogen) atoms. The number of thiophene rings is 1. The molecule has 1 aromatic heterocycles. The van der Waals surface area contributed by atoms with Gasteiger partial charge in [-0.05, 0) is 120 Å². The van der Waals surface area contributed by atoms with Crippen LogP contribution in [0, 0.1) is 0 Å². The van der Waals surface area contributed by atoms with Gasteiger partial charge in [-0.25, -0.2) is 0 Å². The number of rotatable bonds is 3. The van der Waals surface area contributed by atoms with Crippen LogP contribution in [0.15, 0.2) is 146 Å². The Hall–Kier alpha value is -5.84. The molecule has 1 aliphatic carbocycles. The van der Waals surface area contributed by atoms with Crippen molar-refractivity contribution in [3.8, 4) is 22.3 Å². The molecule has 11 rings (SSSR count). The van der Waals surface area contributed by atoms with Crippen LogP contribution >= 0.6 is 11.3 Å². The van der Waals surface area contributed by atoms with E-state index < -0.39 is 0 Å². The molecule has 0 unspecified atom stereocenters. The molecule has 0 N–H and O–H groups in total. The lowest BCUT2D eigenvalue weighted by Crippen LogP contribution is -2.60. The SMILES string of the molecule is CC(C)(C)c1ccc(N2c3ccc(C(C)(C)C)cc3B3c4sc5cc6c(cc5c4N(c4ccc(C(C)(C)C)cc4)c4c(-c5ccccc5)ccc2c43)-c2ccccc2C6(C)C)cc1. The number of fused-ring (bicyclic) bond motifs is 9. The van der Waals surface area contributed by atoms with Crippen molar-refractivity contribution in [2.75, 3.05) is 9.80 Å². The van der Waals surface area contributed by atoms with Crippen molar-refractivity contribution in [2.45, 2.75) is 97.8 Å². The Labute approximate surface area is 379 Å². The highest BCUT2D eigenvalue weighted by molar-refractivity contribution is 7.33. The molecule has 2 aliphatic heterocycles. The fraction of sp³-hybridized carbons (Fsp3) is 0.254. The topological polar surface area (TPSA) is 6.48 Å². The average molecular weight is 837 g/mol. The first-order chi connectivity index (χ1) is 29.9. The van der Waals surface area contributed by atoms with Gasteiger partial charge in [0.1, 0.15) is 0 Å². The van der Waals surface area contributed by atoms with Crippen molar-refractivity contribution in [1.82, 2.24) is 0 Å². The molecule has 0 radical (unpaired) electrons. The van der Waals surface area contributed by atoms with E-state index in [1.807, 2.05) is 11.3 Å². The molecule has 0 fully saturated rings. The second-order valence-electron chi connectivity index (χ2n) is 21.9. The minimum atomic E-state index is -0.0915. The van der Waals surface area contributed by atoms with Crippen molar-refractivity contribution in [3.05, 3.63) is 173 Å². The molecule has 0 bridgehead atoms. The molecule has 4 heteroatoms. The van der Waals surface area contributed by atoms with E-state index in [1.165, 1.54) is 110 Å². The summed E-state index contributed by atoms with van der Waals surface area (Å²) < 4.78 is 2.76. The smallest absolute Gasteiger partial charge is 0.264 e. The summed E-state index contributed by atoms with van der Waals surface area (Å²) in [7, 11) is 0. The molecule has 8 aromatic rings. The van der Waals surface area contributed by atoms with Crippen LogP contribution in [0.5, 0.6) is 0 Å². The molecule has 0 spiro atoms. The molecule has 312 valence electrons. The first kappa shape index (κ1) is 40.0. The second kappa shape index (κ2) is 13.6. The summed E-state index contributed by atoms with van der Waals surface area (Å²) in [6.07, 6.45) is 0. The summed E-state index contributed by atoms with van der Waals surface area (Å²) in [6, 6.07) is 56.3. The standard InChI is InChI=1S/C59H57BN2S/c1-56(2,3)37-21-26-40(27-22-37)61-49-31-25-39(58(7,8)9)33-48(49)60-52-50(61)32-30-42(36-17-13-12-14-18-36)53(52)62(41-28-23-38(24-29-41)57(4,5)6)54-45-34-44-43-19-15-16-20-46(43)59(10,11)47(44)35-51(45)63-55(54)60/h12-35H,1-11H3. The zero-order valence-corrected chi connectivity index (χ0v) is 39.6. The van der Waals surface area contributed by atoms with E-state index in [9.17, 15) is 0 Å². The average Bonchev–Trinajstić information content (AvgIpc) is 3.73. The van der Waals surface area contributed by atoms with Gasteiger partial charge in [0, 0.05) is 48.6 Å². The molecule has 0 saturated carbocycles. The molecular weight excluding hydrogens is 780 g/mol. The quantitative estimate of drug-likeness (QED) is 0.164. The third-order valence-electron chi connectivity index (χ3n) is 14.3. The second-order valence-corrected chi connectivity index (χ2v) is 22.9. The van der Waals surface area contributed by atoms with Crippen LogP contribution in [0.25, 0.3) is 32.3 Å². The molecule has 2 nitrogen and oxygen atoms in total. The summed E-state index contributed by atoms with van der Waals surface area (Å²) in [6.45, 7) is 25.7. The molecule has 0 amide bonds. The minimum Gasteiger partial charge on any atom is -0.311 e. The minimum absolute atomic E-state index is 0.0219. The first-order valence-corrected chi connectivity index (χ1v) is 23.6. The van der Waals surface area contributed by atoms with Crippen LogP contribution < -0.4 is 25.5 Å². The van der Waals surface area contributed by atoms with Crippen molar-refractivity contribution in [3.63, 3.8) is 0 Å². The number of benzene rings is 7. The maximum atomic E-state index is 2.66. The maximum absolute atomic E-state index is 2.66. The van der Waals surface area contributed by atoms with Crippen LogP contribution in [0.4, 0.5) is 34.1 Å². The van der Waals surface area contributed by atoms with Crippen molar-refractivity contribution in [1.29, 1.82) is 0 Å². The van der Waals surface area contributed by atoms with Gasteiger partial charge < -0.3 is 9.80 Å². The van der Waals surface area contributed by atoms with E-state index in [-0.39, 0.29) is 28.4 Å². The normalized spacial score (nSPS) is 14.9. The summed E-state index contributed by atoms with van der Waals surface area (Å²) in [5.74, 6) is 0. The summed E-state index contributed by atoms with van der Waals surface area (Å²) in [5, 5.41) is 1.32. The van der Waals surface area contributed by atoms with Gasteiger partial charge in [-0.1, -0.05) is 173 Å². The third-order valence-corrected chi connectivity index (χ3v) is 15.5. The molecular formula is C59H57BN2S. The fourth-order valence-corrected chi connectivity index (χ4v) is 12.1. The highest BCUT2D eigenvalue weighted by atomic mass is 32.1. The van der Waals surface area contributed by atoms with E-state index in [4.69, 9.17) is 0 Å². The van der Waals surface area contributed by atoms with Crippen molar-refractivity contribution < 1.29 is 0 Å². The monoisotopic (exact) mass is 836 g/mol. The Balaban J connectivity index is 1.28. The molecule has 3 heterocycles. The highest BCUT2D eigenvalue weighted by Gasteiger charge is 2.47. The number of hydrogen-bond acceptors (Lipinski definition) is 3. The van der Waals surface area contributed by atoms with Crippen LogP contribution in [-0.2, 0) is 21.7 Å². The molecule has 0 atom stereocenters. The van der Waals surface area contributed by atoms with Gasteiger partial charge in [-0.15, -0.1) is 11.3 Å². The number of hydrogen-bond donors (Lipinski definition) is 0. The zero-order chi connectivity index (χ0) is 44.0. The lowest BCUT2D eigenvalue weighted by molar-refractivity contribution is 0.590. The van der Waals surface area contributed by atoms with Gasteiger partial charge in [0.05, 0.1) is 11.4 Å². The predicted molar refractivity (Wildman–Crippen MR) is 275 cm³/mol. The first-order valence-electron chi connectivity index (χ1n) is 22.8. The highest BCUT2D eigenvalue weighted by Crippen LogP contribution is 2.55. The van der Waals surface area contributed by atoms with Crippen molar-refractivity contribution >= 4 is 78.0 Å². The van der Waals surface area contributed by atoms with Gasteiger partial charge in [0.15, 0.2) is 0 Å². The Kier molecular flexibility index (Phi) is 8.62. The molecule has 3 aliphatic rings. The lowest BCUT2D eigenvalue weighted by atomic mass is 9.35. The van der Waals surface area contributed by atoms with Gasteiger partial charge >= 0.3 is 0 Å². The Bertz CT molecular complexity index is 3130. The fourth-order valence-electron chi connectivity index (χ4n) is 10.8.